The average molecular weight is 381 g/mol. The van der Waals surface area contributed by atoms with Crippen LogP contribution in [0, 0.1) is 5.92 Å². The summed E-state index contributed by atoms with van der Waals surface area (Å²) >= 11 is 0. The second-order valence-corrected chi connectivity index (χ2v) is 7.24. The first kappa shape index (κ1) is 19.9. The van der Waals surface area contributed by atoms with E-state index < -0.39 is 0 Å². The summed E-state index contributed by atoms with van der Waals surface area (Å²) in [4.78, 5) is 26.8. The Labute approximate surface area is 166 Å². The summed E-state index contributed by atoms with van der Waals surface area (Å²) in [5, 5.41) is 0. The molecule has 148 valence electrons. The molecule has 3 rings (SSSR count). The van der Waals surface area contributed by atoms with Crippen LogP contribution in [0.25, 0.3) is 0 Å². The van der Waals surface area contributed by atoms with Crippen molar-refractivity contribution in [3.63, 3.8) is 0 Å². The molecule has 28 heavy (non-hydrogen) atoms. The second-order valence-electron chi connectivity index (χ2n) is 7.24. The van der Waals surface area contributed by atoms with Crippen molar-refractivity contribution in [3.05, 3.63) is 65.7 Å². The Morgan fingerprint density at radius 1 is 1.04 bits per heavy atom. The maximum Gasteiger partial charge on any atom is 0.305 e. The van der Waals surface area contributed by atoms with Crippen molar-refractivity contribution >= 4 is 11.9 Å². The predicted octanol–water partition coefficient (Wildman–Crippen LogP) is 3.72. The number of nitrogens with zero attached hydrogens (tertiary/aromatic N) is 1. The van der Waals surface area contributed by atoms with E-state index in [2.05, 4.69) is 0 Å². The summed E-state index contributed by atoms with van der Waals surface area (Å²) in [5.74, 6) is 0.912. The third-order valence-electron chi connectivity index (χ3n) is 5.42. The molecule has 0 N–H and O–H groups in total. The summed E-state index contributed by atoms with van der Waals surface area (Å²) in [6, 6.07) is 17.4. The highest BCUT2D eigenvalue weighted by Gasteiger charge is 2.33. The number of amides is 1. The van der Waals surface area contributed by atoms with E-state index in [9.17, 15) is 9.59 Å². The van der Waals surface area contributed by atoms with E-state index in [4.69, 9.17) is 9.47 Å². The number of carbonyl (C=O) groups is 2. The fourth-order valence-corrected chi connectivity index (χ4v) is 3.88. The summed E-state index contributed by atoms with van der Waals surface area (Å²) in [5.41, 5.74) is 1.85. The number of piperidine rings is 1. The van der Waals surface area contributed by atoms with Crippen LogP contribution in [0.4, 0.5) is 0 Å². The quantitative estimate of drug-likeness (QED) is 0.716. The summed E-state index contributed by atoms with van der Waals surface area (Å²) < 4.78 is 10.1. The number of benzene rings is 2. The van der Waals surface area contributed by atoms with E-state index in [1.54, 1.807) is 7.11 Å². The largest absolute Gasteiger partial charge is 0.497 e. The van der Waals surface area contributed by atoms with Crippen LogP contribution in [-0.4, -0.2) is 43.6 Å². The zero-order valence-corrected chi connectivity index (χ0v) is 16.5. The van der Waals surface area contributed by atoms with Crippen LogP contribution in [0.15, 0.2) is 54.6 Å². The molecule has 1 amide bonds. The SMILES string of the molecule is COC(=O)CC1CCN(C(=O)c2ccccc2)C(Cc2ccc(OC)cc2)C1. The summed E-state index contributed by atoms with van der Waals surface area (Å²) in [6.45, 7) is 0.649. The number of rotatable bonds is 6. The molecule has 1 fully saturated rings. The van der Waals surface area contributed by atoms with Crippen molar-refractivity contribution in [2.24, 2.45) is 5.92 Å². The van der Waals surface area contributed by atoms with Gasteiger partial charge in [0, 0.05) is 24.6 Å². The van der Waals surface area contributed by atoms with Gasteiger partial charge in [-0.25, -0.2) is 0 Å². The molecule has 1 saturated heterocycles. The summed E-state index contributed by atoms with van der Waals surface area (Å²) in [7, 11) is 3.07. The highest BCUT2D eigenvalue weighted by atomic mass is 16.5. The number of likely N-dealkylation sites (tertiary alicyclic amines) is 1. The van der Waals surface area contributed by atoms with Gasteiger partial charge < -0.3 is 14.4 Å². The third-order valence-corrected chi connectivity index (χ3v) is 5.42. The highest BCUT2D eigenvalue weighted by Crippen LogP contribution is 2.29. The van der Waals surface area contributed by atoms with Gasteiger partial charge in [-0.15, -0.1) is 0 Å². The average Bonchev–Trinajstić information content (AvgIpc) is 2.74. The Hall–Kier alpha value is -2.82. The Morgan fingerprint density at radius 3 is 2.39 bits per heavy atom. The monoisotopic (exact) mass is 381 g/mol. The molecule has 0 aromatic heterocycles. The molecule has 2 aromatic carbocycles. The molecule has 0 spiro atoms. The second kappa shape index (κ2) is 9.40. The standard InChI is InChI=1S/C23H27NO4/c1-27-21-10-8-17(9-11-21)14-20-15-18(16-22(25)28-2)12-13-24(20)23(26)19-6-4-3-5-7-19/h3-11,18,20H,12-16H2,1-2H3. The van der Waals surface area contributed by atoms with Gasteiger partial charge in [-0.1, -0.05) is 30.3 Å². The van der Waals surface area contributed by atoms with Crippen LogP contribution in [0.1, 0.15) is 35.2 Å². The van der Waals surface area contributed by atoms with Gasteiger partial charge in [0.15, 0.2) is 0 Å². The van der Waals surface area contributed by atoms with Crippen LogP contribution in [-0.2, 0) is 16.0 Å². The van der Waals surface area contributed by atoms with Crippen molar-refractivity contribution in [1.29, 1.82) is 0 Å². The smallest absolute Gasteiger partial charge is 0.305 e. The van der Waals surface area contributed by atoms with Crippen LogP contribution >= 0.6 is 0 Å². The Bertz CT molecular complexity index is 788. The van der Waals surface area contributed by atoms with Gasteiger partial charge >= 0.3 is 5.97 Å². The van der Waals surface area contributed by atoms with E-state index in [-0.39, 0.29) is 23.8 Å². The molecule has 0 radical (unpaired) electrons. The lowest BCUT2D eigenvalue weighted by Crippen LogP contribution is -2.47. The fourth-order valence-electron chi connectivity index (χ4n) is 3.88. The minimum Gasteiger partial charge on any atom is -0.497 e. The van der Waals surface area contributed by atoms with Gasteiger partial charge in [-0.05, 0) is 55.0 Å². The van der Waals surface area contributed by atoms with E-state index in [0.717, 1.165) is 30.6 Å². The molecule has 1 aliphatic heterocycles. The molecule has 0 bridgehead atoms. The molecule has 0 aliphatic carbocycles. The number of esters is 1. The van der Waals surface area contributed by atoms with Gasteiger partial charge in [-0.2, -0.15) is 0 Å². The van der Waals surface area contributed by atoms with Crippen molar-refractivity contribution in [2.45, 2.75) is 31.7 Å². The molecule has 1 aliphatic rings. The van der Waals surface area contributed by atoms with Crippen LogP contribution in [0.2, 0.25) is 0 Å². The lowest BCUT2D eigenvalue weighted by atomic mass is 9.85. The zero-order chi connectivity index (χ0) is 19.9. The highest BCUT2D eigenvalue weighted by molar-refractivity contribution is 5.94. The predicted molar refractivity (Wildman–Crippen MR) is 107 cm³/mol. The van der Waals surface area contributed by atoms with Gasteiger partial charge in [-0.3, -0.25) is 9.59 Å². The first-order valence-electron chi connectivity index (χ1n) is 9.66. The van der Waals surface area contributed by atoms with Gasteiger partial charge in [0.1, 0.15) is 5.75 Å². The fraction of sp³-hybridized carbons (Fsp3) is 0.391. The molecule has 5 heteroatoms. The van der Waals surface area contributed by atoms with Gasteiger partial charge in [0.05, 0.1) is 14.2 Å². The van der Waals surface area contributed by atoms with E-state index >= 15 is 0 Å². The Morgan fingerprint density at radius 2 is 1.75 bits per heavy atom. The topological polar surface area (TPSA) is 55.8 Å². The third kappa shape index (κ3) is 4.91. The van der Waals surface area contributed by atoms with E-state index in [1.807, 2.05) is 59.5 Å². The lowest BCUT2D eigenvalue weighted by molar-refractivity contribution is -0.142. The maximum absolute atomic E-state index is 13.1. The minimum atomic E-state index is -0.184. The molecular formula is C23H27NO4. The van der Waals surface area contributed by atoms with Crippen LogP contribution < -0.4 is 4.74 Å². The molecule has 2 aromatic rings. The first-order valence-corrected chi connectivity index (χ1v) is 9.66. The summed E-state index contributed by atoms with van der Waals surface area (Å²) in [6.07, 6.45) is 2.76. The van der Waals surface area contributed by atoms with Crippen molar-refractivity contribution in [3.8, 4) is 5.75 Å². The van der Waals surface area contributed by atoms with E-state index in [1.165, 1.54) is 7.11 Å². The van der Waals surface area contributed by atoms with Crippen molar-refractivity contribution < 1.29 is 19.1 Å². The Kier molecular flexibility index (Phi) is 6.69. The van der Waals surface area contributed by atoms with Crippen molar-refractivity contribution in [1.82, 2.24) is 4.90 Å². The molecule has 5 nitrogen and oxygen atoms in total. The zero-order valence-electron chi connectivity index (χ0n) is 16.5. The molecule has 2 unspecified atom stereocenters. The normalized spacial score (nSPS) is 19.1. The maximum atomic E-state index is 13.1. The molecule has 2 atom stereocenters. The molecule has 0 saturated carbocycles. The minimum absolute atomic E-state index is 0.0458. The van der Waals surface area contributed by atoms with Crippen molar-refractivity contribution in [2.75, 3.05) is 20.8 Å². The molecule has 1 heterocycles. The van der Waals surface area contributed by atoms with Gasteiger partial charge in [0.2, 0.25) is 0 Å². The number of methoxy groups -OCH3 is 2. The van der Waals surface area contributed by atoms with Crippen LogP contribution in [0.3, 0.4) is 0 Å². The van der Waals surface area contributed by atoms with E-state index in [0.29, 0.717) is 18.5 Å². The Balaban J connectivity index is 1.78. The van der Waals surface area contributed by atoms with Gasteiger partial charge in [0.25, 0.3) is 5.91 Å². The number of hydrogen-bond donors (Lipinski definition) is 0. The number of ether oxygens (including phenoxy) is 2. The number of hydrogen-bond acceptors (Lipinski definition) is 4. The lowest BCUT2D eigenvalue weighted by Gasteiger charge is -2.39. The molecular weight excluding hydrogens is 354 g/mol. The number of carbonyl (C=O) groups excluding carboxylic acids is 2. The van der Waals surface area contributed by atoms with Crippen LogP contribution in [0.5, 0.6) is 5.75 Å². The first-order chi connectivity index (χ1) is 13.6.